The number of benzene rings is 3. The van der Waals surface area contributed by atoms with Gasteiger partial charge >= 0.3 is 0 Å². The van der Waals surface area contributed by atoms with Crippen LogP contribution in [0.15, 0.2) is 87.3 Å². The Bertz CT molecular complexity index is 3790. The van der Waals surface area contributed by atoms with E-state index in [-0.39, 0.29) is 41.6 Å². The summed E-state index contributed by atoms with van der Waals surface area (Å²) in [5.41, 5.74) is 21.0. The van der Waals surface area contributed by atoms with E-state index in [1.165, 1.54) is 6.33 Å². The van der Waals surface area contributed by atoms with Crippen LogP contribution in [0.5, 0.6) is 0 Å². The third kappa shape index (κ3) is 6.84. The van der Waals surface area contributed by atoms with E-state index in [0.717, 1.165) is 77.4 Å². The first kappa shape index (κ1) is 41.4. The van der Waals surface area contributed by atoms with Crippen molar-refractivity contribution < 1.29 is 4.42 Å². The molecular formula is C50H49N15O3. The van der Waals surface area contributed by atoms with E-state index in [1.807, 2.05) is 70.1 Å². The highest BCUT2D eigenvalue weighted by molar-refractivity contribution is 6.01. The molecule has 0 radical (unpaired) electrons. The van der Waals surface area contributed by atoms with Gasteiger partial charge in [-0.15, -0.1) is 0 Å². The second-order valence-electron chi connectivity index (χ2n) is 18.5. The Labute approximate surface area is 388 Å². The Kier molecular flexibility index (Phi) is 9.65. The van der Waals surface area contributed by atoms with Gasteiger partial charge in [-0.05, 0) is 106 Å². The molecule has 7 aromatic heterocycles. The van der Waals surface area contributed by atoms with E-state index >= 15 is 4.79 Å². The molecule has 1 saturated heterocycles. The predicted molar refractivity (Wildman–Crippen MR) is 263 cm³/mol. The highest BCUT2D eigenvalue weighted by Crippen LogP contribution is 2.39. The topological polar surface area (TPSA) is 235 Å². The number of H-pyrrole nitrogens is 1. The summed E-state index contributed by atoms with van der Waals surface area (Å²) in [5.74, 6) is 1.15. The van der Waals surface area contributed by atoms with E-state index in [2.05, 4.69) is 61.1 Å². The fraction of sp³-hybridized carbons (Fsp3) is 0.300. The summed E-state index contributed by atoms with van der Waals surface area (Å²) in [7, 11) is 0. The first-order chi connectivity index (χ1) is 33.0. The molecule has 68 heavy (non-hydrogen) atoms. The number of oxazole rings is 1. The lowest BCUT2D eigenvalue weighted by Crippen LogP contribution is -2.41. The van der Waals surface area contributed by atoms with Gasteiger partial charge in [-0.25, -0.2) is 29.6 Å². The number of anilines is 3. The van der Waals surface area contributed by atoms with Gasteiger partial charge < -0.3 is 40.2 Å². The zero-order chi connectivity index (χ0) is 46.5. The van der Waals surface area contributed by atoms with Crippen LogP contribution >= 0.6 is 0 Å². The summed E-state index contributed by atoms with van der Waals surface area (Å²) in [4.78, 5) is 62.8. The van der Waals surface area contributed by atoms with Gasteiger partial charge in [-0.2, -0.15) is 10.1 Å². The molecule has 0 atom stereocenters. The summed E-state index contributed by atoms with van der Waals surface area (Å²) in [5, 5.41) is 12.2. The minimum atomic E-state index is -0.0795. The lowest BCUT2D eigenvalue weighted by Gasteiger charge is -2.36. The van der Waals surface area contributed by atoms with Gasteiger partial charge in [0, 0.05) is 53.7 Å². The van der Waals surface area contributed by atoms with Crippen molar-refractivity contribution in [2.45, 2.75) is 84.6 Å². The van der Waals surface area contributed by atoms with Gasteiger partial charge in [0.25, 0.3) is 17.1 Å². The van der Waals surface area contributed by atoms with Gasteiger partial charge in [0.05, 0.1) is 35.6 Å². The number of nitrogens with two attached hydrogens (primary N) is 2. The number of likely N-dealkylation sites (tertiary alicyclic amines) is 1. The minimum absolute atomic E-state index is 0.00968. The van der Waals surface area contributed by atoms with E-state index < -0.39 is 0 Å². The van der Waals surface area contributed by atoms with Crippen molar-refractivity contribution in [2.75, 3.05) is 29.9 Å². The molecule has 0 amide bonds. The fourth-order valence-corrected chi connectivity index (χ4v) is 10.4. The molecule has 1 saturated carbocycles. The number of nitrogens with zero attached hydrogens (tertiary/aromatic N) is 11. The van der Waals surface area contributed by atoms with Gasteiger partial charge in [-0.3, -0.25) is 9.59 Å². The van der Waals surface area contributed by atoms with Crippen molar-refractivity contribution in [3.8, 4) is 22.6 Å². The summed E-state index contributed by atoms with van der Waals surface area (Å²) < 4.78 is 11.3. The molecule has 2 aliphatic rings. The Balaban J connectivity index is 1.01. The monoisotopic (exact) mass is 907 g/mol. The van der Waals surface area contributed by atoms with Crippen LogP contribution in [0, 0.1) is 13.8 Å². The zero-order valence-electron chi connectivity index (χ0n) is 38.1. The molecule has 1 aliphatic heterocycles. The van der Waals surface area contributed by atoms with Crippen LogP contribution in [0.4, 0.5) is 17.7 Å². The lowest BCUT2D eigenvalue weighted by atomic mass is 9.97. The molecule has 3 aromatic carbocycles. The predicted octanol–water partition coefficient (Wildman–Crippen LogP) is 7.42. The number of nitrogens with one attached hydrogen (secondary N) is 2. The van der Waals surface area contributed by atoms with Crippen LogP contribution in [0.3, 0.4) is 0 Å². The number of rotatable bonds is 10. The van der Waals surface area contributed by atoms with Crippen LogP contribution in [-0.4, -0.2) is 77.8 Å². The number of aromatic amines is 1. The van der Waals surface area contributed by atoms with E-state index in [0.29, 0.717) is 79.7 Å². The molecule has 2 fully saturated rings. The smallest absolute Gasteiger partial charge is 0.292 e. The number of fused-ring (bicyclic) bond motifs is 5. The van der Waals surface area contributed by atoms with Crippen LogP contribution in [0.1, 0.15) is 74.1 Å². The van der Waals surface area contributed by atoms with E-state index in [9.17, 15) is 4.79 Å². The number of piperidine rings is 1. The highest BCUT2D eigenvalue weighted by atomic mass is 16.4. The normalized spacial score (nSPS) is 15.0. The van der Waals surface area contributed by atoms with Crippen molar-refractivity contribution in [2.24, 2.45) is 0 Å². The van der Waals surface area contributed by atoms with Gasteiger partial charge in [0.2, 0.25) is 0 Å². The molecule has 18 nitrogen and oxygen atoms in total. The lowest BCUT2D eigenvalue weighted by molar-refractivity contribution is 0.149. The van der Waals surface area contributed by atoms with Crippen molar-refractivity contribution in [1.82, 2.24) is 58.7 Å². The fourth-order valence-electron chi connectivity index (χ4n) is 10.4. The molecule has 6 N–H and O–H groups in total. The first-order valence-corrected chi connectivity index (χ1v) is 23.1. The number of imidazole rings is 1. The summed E-state index contributed by atoms with van der Waals surface area (Å²) in [6.07, 6.45) is 6.59. The maximum atomic E-state index is 15.2. The number of aromatic nitrogens is 11. The molecule has 1 aliphatic carbocycles. The van der Waals surface area contributed by atoms with Crippen LogP contribution in [-0.2, 0) is 13.1 Å². The van der Waals surface area contributed by atoms with E-state index in [1.54, 1.807) is 12.4 Å². The standard InChI is InChI=1S/C50H49N15O3/c1-25(2)62-16-14-32(15-17-62)64-33(21-53-45-42-46(55-23-54-42)57-24-56-45)18-29-8-12-35(27(4)39(29)49(64)67)44-59-43(51)40-41(30-9-13-37-36(20-30)58-50(52)68-37)61-63(47(40)60-44)22-34-19-28-7-5-6-26(3)38(28)48(66)65(34)31-10-11-31/h5-9,12-13,18-20,23-25,31-32H,10-11,14-17,21-22H2,1-4H3,(H2,52,58)(H2,51,59,60)(H2,53,54,55,56,57). The van der Waals surface area contributed by atoms with Crippen LogP contribution < -0.4 is 27.9 Å². The zero-order valence-corrected chi connectivity index (χ0v) is 38.1. The molecule has 342 valence electrons. The molecule has 12 rings (SSSR count). The van der Waals surface area contributed by atoms with Gasteiger partial charge in [0.15, 0.2) is 28.5 Å². The maximum absolute atomic E-state index is 15.2. The maximum Gasteiger partial charge on any atom is 0.292 e. The average Bonchev–Trinajstić information content (AvgIpc) is 3.71. The SMILES string of the molecule is Cc1cccc2cc(Cn3nc(-c4ccc5oc(N)nc5c4)c4c(N)nc(-c5ccc6cc(CNc7ncnc8[nH]cnc78)n(C7CCN(C(C)C)CC7)c(=O)c6c5C)nc43)n(C3CC3)c(=O)c12. The number of nitrogen functional groups attached to an aromatic ring is 2. The molecule has 8 heterocycles. The molecule has 18 heteroatoms. The first-order valence-electron chi connectivity index (χ1n) is 23.1. The number of aryl methyl sites for hydroxylation is 2. The molecule has 0 spiro atoms. The van der Waals surface area contributed by atoms with Crippen molar-refractivity contribution in [3.63, 3.8) is 0 Å². The van der Waals surface area contributed by atoms with Gasteiger partial charge in [0.1, 0.15) is 28.9 Å². The molecular weight excluding hydrogens is 859 g/mol. The number of pyridine rings is 2. The van der Waals surface area contributed by atoms with Gasteiger partial charge in [-0.1, -0.05) is 30.3 Å². The second-order valence-corrected chi connectivity index (χ2v) is 18.5. The third-order valence-electron chi connectivity index (χ3n) is 13.9. The van der Waals surface area contributed by atoms with Crippen molar-refractivity contribution >= 4 is 72.5 Å². The molecule has 0 unspecified atom stereocenters. The summed E-state index contributed by atoms with van der Waals surface area (Å²) >= 11 is 0. The highest BCUT2D eigenvalue weighted by Gasteiger charge is 2.30. The molecule has 0 bridgehead atoms. The van der Waals surface area contributed by atoms with E-state index in [4.69, 9.17) is 31.0 Å². The largest absolute Gasteiger partial charge is 0.424 e. The number of hydrogen-bond acceptors (Lipinski definition) is 14. The second kappa shape index (κ2) is 15.8. The Morgan fingerprint density at radius 2 is 1.59 bits per heavy atom. The van der Waals surface area contributed by atoms with Crippen molar-refractivity contribution in [3.05, 3.63) is 117 Å². The van der Waals surface area contributed by atoms with Crippen molar-refractivity contribution in [1.29, 1.82) is 0 Å². The quantitative estimate of drug-likeness (QED) is 0.105. The molecule has 10 aromatic rings. The Morgan fingerprint density at radius 1 is 0.824 bits per heavy atom. The third-order valence-corrected chi connectivity index (χ3v) is 13.9. The summed E-state index contributed by atoms with van der Waals surface area (Å²) in [6.45, 7) is 10.7. The summed E-state index contributed by atoms with van der Waals surface area (Å²) in [6, 6.07) is 20.1. The Hall–Kier alpha value is -7.99. The van der Waals surface area contributed by atoms with Crippen LogP contribution in [0.2, 0.25) is 0 Å². The van der Waals surface area contributed by atoms with Crippen LogP contribution in [0.25, 0.3) is 77.5 Å². The Morgan fingerprint density at radius 3 is 2.40 bits per heavy atom. The minimum Gasteiger partial charge on any atom is -0.424 e. The number of hydrogen-bond donors (Lipinski definition) is 4. The average molecular weight is 908 g/mol.